The Balaban J connectivity index is 0.000000228. The van der Waals surface area contributed by atoms with Crippen LogP contribution in [0.3, 0.4) is 0 Å². The molecule has 6 heteroatoms. The molecule has 0 aromatic heterocycles. The van der Waals surface area contributed by atoms with Gasteiger partial charge in [-0.05, 0) is 58.8 Å². The van der Waals surface area contributed by atoms with Crippen LogP contribution in [0, 0.1) is 10.8 Å². The Morgan fingerprint density at radius 3 is 1.17 bits per heavy atom. The molecule has 2 saturated heterocycles. The van der Waals surface area contributed by atoms with E-state index in [-0.39, 0.29) is 41.1 Å². The Kier molecular flexibility index (Phi) is 16.7. The summed E-state index contributed by atoms with van der Waals surface area (Å²) in [5.41, 5.74) is 12.3. The molecule has 58 heavy (non-hydrogen) atoms. The van der Waals surface area contributed by atoms with Gasteiger partial charge in [-0.15, -0.1) is 69.1 Å². The molecule has 2 nitrogen and oxygen atoms in total. The molecule has 0 amide bonds. The van der Waals surface area contributed by atoms with Crippen LogP contribution >= 0.6 is 0 Å². The van der Waals surface area contributed by atoms with Gasteiger partial charge < -0.3 is 34.3 Å². The van der Waals surface area contributed by atoms with Gasteiger partial charge in [0.05, 0.1) is 26.4 Å². The molecule has 6 aromatic rings. The fourth-order valence-corrected chi connectivity index (χ4v) is 8.52. The summed E-state index contributed by atoms with van der Waals surface area (Å²) in [6, 6.07) is 40.8. The van der Waals surface area contributed by atoms with Gasteiger partial charge in [0, 0.05) is 10.8 Å². The fraction of sp³-hybridized carbons (Fsp3) is 0.423. The van der Waals surface area contributed by atoms with E-state index in [0.717, 1.165) is 39.3 Å². The molecule has 0 atom stereocenters. The molecule has 8 rings (SSSR count). The van der Waals surface area contributed by atoms with E-state index in [1.807, 2.05) is 0 Å². The average molecular weight is 911 g/mol. The third-order valence-electron chi connectivity index (χ3n) is 12.0. The zero-order valence-corrected chi connectivity index (χ0v) is 41.6. The van der Waals surface area contributed by atoms with E-state index in [1.165, 1.54) is 78.9 Å². The number of fused-ring (bicyclic) bond motifs is 2. The molecule has 308 valence electrons. The molecule has 2 fully saturated rings. The van der Waals surface area contributed by atoms with Gasteiger partial charge in [-0.2, -0.15) is 12.1 Å². The van der Waals surface area contributed by atoms with Crippen LogP contribution in [0.25, 0.3) is 43.8 Å². The van der Waals surface area contributed by atoms with Crippen LogP contribution in [0.15, 0.2) is 109 Å². The van der Waals surface area contributed by atoms with Crippen molar-refractivity contribution >= 4 is 27.0 Å². The predicted molar refractivity (Wildman–Crippen MR) is 239 cm³/mol. The van der Waals surface area contributed by atoms with Crippen molar-refractivity contribution in [3.63, 3.8) is 0 Å². The van der Waals surface area contributed by atoms with E-state index >= 15 is 0 Å². The second-order valence-corrected chi connectivity index (χ2v) is 28.4. The normalized spacial score (nSPS) is 15.4. The third kappa shape index (κ3) is 11.1. The van der Waals surface area contributed by atoms with Gasteiger partial charge in [-0.1, -0.05) is 127 Å². The summed E-state index contributed by atoms with van der Waals surface area (Å²) < 4.78 is 11.0. The number of ether oxygens (including phenoxy) is 2. The van der Waals surface area contributed by atoms with Gasteiger partial charge in [0.25, 0.3) is 0 Å². The average Bonchev–Trinajstić information content (AvgIpc) is 3.74. The van der Waals surface area contributed by atoms with Gasteiger partial charge in [-0.25, -0.2) is 0 Å². The minimum Gasteiger partial charge on any atom is -1.00 e. The van der Waals surface area contributed by atoms with Gasteiger partial charge in [-0.3, -0.25) is 0 Å². The molecule has 2 heterocycles. The fourth-order valence-electron chi connectivity index (χ4n) is 8.52. The van der Waals surface area contributed by atoms with Crippen molar-refractivity contribution in [2.75, 3.05) is 26.4 Å². The van der Waals surface area contributed by atoms with E-state index in [9.17, 15) is 0 Å². The predicted octanol–water partition coefficient (Wildman–Crippen LogP) is 7.78. The van der Waals surface area contributed by atoms with Crippen molar-refractivity contribution < 1.29 is 57.6 Å². The zero-order chi connectivity index (χ0) is 40.3. The molecule has 0 aliphatic carbocycles. The maximum absolute atomic E-state index is 5.52. The number of benzene rings is 4. The van der Waals surface area contributed by atoms with E-state index in [2.05, 4.69) is 178 Å². The van der Waals surface area contributed by atoms with Gasteiger partial charge in [0.1, 0.15) is 0 Å². The summed E-state index contributed by atoms with van der Waals surface area (Å²) in [5, 5.41) is 5.47. The molecule has 0 N–H and O–H groups in total. The second-order valence-electron chi connectivity index (χ2n) is 19.0. The van der Waals surface area contributed by atoms with Crippen LogP contribution in [0.5, 0.6) is 0 Å². The van der Waals surface area contributed by atoms with Crippen molar-refractivity contribution in [3.05, 3.63) is 131 Å². The van der Waals surface area contributed by atoms with Crippen molar-refractivity contribution in [3.8, 4) is 22.3 Å². The van der Waals surface area contributed by atoms with Crippen molar-refractivity contribution in [1.29, 1.82) is 0 Å². The summed E-state index contributed by atoms with van der Waals surface area (Å²) in [4.78, 5) is 0. The molecule has 0 saturated carbocycles. The summed E-state index contributed by atoms with van der Waals surface area (Å²) in [5.74, 6) is 0. The maximum atomic E-state index is 5.52. The van der Waals surface area contributed by atoms with Crippen LogP contribution in [-0.2, 0) is 56.5 Å². The van der Waals surface area contributed by atoms with Crippen molar-refractivity contribution in [1.82, 2.24) is 0 Å². The molecule has 0 bridgehead atoms. The van der Waals surface area contributed by atoms with Gasteiger partial charge >= 0.3 is 41.9 Å². The molecule has 0 radical (unpaired) electrons. The SMILES string of the molecule is CCC1(Cc2cc3c(-c4ccccc4C(C)(C)C)cccc3[cH-]2)COC1.CCC1(Cc2cc3c(-c4ccccc4C(C)(C)C)cccc3[cH-]2)COC1.C[Si](C)=[Zr+2].[Cl-].[Cl-]. The van der Waals surface area contributed by atoms with Crippen LogP contribution in [0.1, 0.15) is 90.5 Å². The maximum Gasteiger partial charge on any atom is -1.00 e. The van der Waals surface area contributed by atoms with E-state index < -0.39 is 0 Å². The molecule has 2 aliphatic rings. The van der Waals surface area contributed by atoms with Crippen LogP contribution in [0.2, 0.25) is 13.1 Å². The second kappa shape index (κ2) is 20.0. The third-order valence-corrected chi connectivity index (χ3v) is 12.0. The minimum atomic E-state index is 0. The van der Waals surface area contributed by atoms with Crippen molar-refractivity contribution in [2.45, 2.75) is 105 Å². The zero-order valence-electron chi connectivity index (χ0n) is 36.6. The summed E-state index contributed by atoms with van der Waals surface area (Å²) in [7, 11) is 0. The molecule has 6 aromatic carbocycles. The Labute approximate surface area is 377 Å². The van der Waals surface area contributed by atoms with Crippen LogP contribution in [0.4, 0.5) is 0 Å². The number of rotatable bonds is 8. The quantitative estimate of drug-likeness (QED) is 0.115. The standard InChI is InChI=1S/2C25H29O.C2H6Si.2ClH.Zr/c2*1-5-25(16-26-17-25)15-18-13-19-9-8-11-20(22(19)14-18)21-10-6-7-12-23(21)24(2,3)4;1-3-2;;;/h2*6-14H,5,15-17H2,1-4H3;1-2H3;2*1H;/q2*-1;;;;+2/p-2. The van der Waals surface area contributed by atoms with Crippen LogP contribution < -0.4 is 24.8 Å². The van der Waals surface area contributed by atoms with E-state index in [4.69, 9.17) is 9.47 Å². The Morgan fingerprint density at radius 2 is 0.879 bits per heavy atom. The largest absolute Gasteiger partial charge is 1.00 e. The first-order valence-corrected chi connectivity index (χ1v) is 27.0. The van der Waals surface area contributed by atoms with E-state index in [1.54, 1.807) is 23.3 Å². The van der Waals surface area contributed by atoms with E-state index in [0.29, 0.717) is 10.8 Å². The Hall–Kier alpha value is -2.30. The number of halogens is 2. The van der Waals surface area contributed by atoms with Crippen LogP contribution in [-0.4, -0.2) is 31.9 Å². The summed E-state index contributed by atoms with van der Waals surface area (Å²) in [6.45, 7) is 26.6. The number of hydrogen-bond donors (Lipinski definition) is 0. The summed E-state index contributed by atoms with van der Waals surface area (Å²) in [6.07, 6.45) is 4.62. The molecular weight excluding hydrogens is 847 g/mol. The first-order valence-electron chi connectivity index (χ1n) is 20.8. The van der Waals surface area contributed by atoms with Gasteiger partial charge in [0.15, 0.2) is 0 Å². The first kappa shape index (κ1) is 48.4. The van der Waals surface area contributed by atoms with Gasteiger partial charge in [0.2, 0.25) is 0 Å². The molecule has 2 aliphatic heterocycles. The minimum absolute atomic E-state index is 0. The number of hydrogen-bond acceptors (Lipinski definition) is 2. The van der Waals surface area contributed by atoms with Crippen molar-refractivity contribution in [2.24, 2.45) is 10.8 Å². The molecule has 0 unspecified atom stereocenters. The Morgan fingerprint density at radius 1 is 0.552 bits per heavy atom. The Bertz CT molecular complexity index is 2110. The molecular formula is C52H64Cl2O2SiZr-2. The first-order chi connectivity index (χ1) is 26.6. The topological polar surface area (TPSA) is 18.5 Å². The smallest absolute Gasteiger partial charge is 1.00 e. The molecule has 0 spiro atoms. The summed E-state index contributed by atoms with van der Waals surface area (Å²) >= 11 is 1.74. The monoisotopic (exact) mass is 908 g/mol.